The summed E-state index contributed by atoms with van der Waals surface area (Å²) < 4.78 is 41.6. The number of hydrogen-bond donors (Lipinski definition) is 3. The predicted molar refractivity (Wildman–Crippen MR) is 115 cm³/mol. The molecule has 1 rings (SSSR count). The Morgan fingerprint density at radius 1 is 1.33 bits per heavy atom. The molecule has 1 heterocycles. The van der Waals surface area contributed by atoms with E-state index in [0.29, 0.717) is 19.0 Å². The standard InChI is InChI=1S/C16H28F3N5OS.HI/c1-4-20-14(22-8-5-6-12-26-3)23-9-7-15(25,16(17,18)19)13-21-10-11-24(13)2;/h10-11,25H,4-9,12H2,1-3H3,(H2,20,22,23);1H. The molecule has 0 saturated carbocycles. The van der Waals surface area contributed by atoms with Crippen LogP contribution in [0.3, 0.4) is 0 Å². The topological polar surface area (TPSA) is 74.5 Å². The number of halogens is 4. The molecule has 27 heavy (non-hydrogen) atoms. The highest BCUT2D eigenvalue weighted by Crippen LogP contribution is 2.40. The number of imidazole rings is 1. The molecule has 0 fully saturated rings. The summed E-state index contributed by atoms with van der Waals surface area (Å²) in [4.78, 5) is 8.03. The number of nitrogens with one attached hydrogen (secondary N) is 2. The maximum atomic E-state index is 13.5. The molecule has 1 unspecified atom stereocenters. The number of aromatic nitrogens is 2. The van der Waals surface area contributed by atoms with Crippen molar-refractivity contribution in [1.82, 2.24) is 20.2 Å². The van der Waals surface area contributed by atoms with Gasteiger partial charge in [0.1, 0.15) is 5.82 Å². The molecule has 0 aliphatic heterocycles. The molecule has 3 N–H and O–H groups in total. The molecule has 1 aromatic rings. The van der Waals surface area contributed by atoms with Gasteiger partial charge in [-0.25, -0.2) is 4.98 Å². The summed E-state index contributed by atoms with van der Waals surface area (Å²) in [7, 11) is 1.42. The third-order valence-electron chi connectivity index (χ3n) is 3.81. The highest BCUT2D eigenvalue weighted by molar-refractivity contribution is 14.0. The molecule has 0 aliphatic carbocycles. The van der Waals surface area contributed by atoms with Gasteiger partial charge in [-0.15, -0.1) is 24.0 Å². The zero-order valence-electron chi connectivity index (χ0n) is 15.8. The van der Waals surface area contributed by atoms with Crippen LogP contribution in [0.5, 0.6) is 0 Å². The smallest absolute Gasteiger partial charge is 0.374 e. The van der Waals surface area contributed by atoms with Crippen molar-refractivity contribution in [3.63, 3.8) is 0 Å². The first-order valence-electron chi connectivity index (χ1n) is 8.54. The Morgan fingerprint density at radius 3 is 2.56 bits per heavy atom. The average Bonchev–Trinajstić information content (AvgIpc) is 3.00. The molecule has 0 bridgehead atoms. The van der Waals surface area contributed by atoms with Crippen LogP contribution in [0.2, 0.25) is 0 Å². The van der Waals surface area contributed by atoms with Crippen molar-refractivity contribution in [2.45, 2.75) is 38.0 Å². The third-order valence-corrected chi connectivity index (χ3v) is 4.51. The molecule has 1 aromatic heterocycles. The van der Waals surface area contributed by atoms with Crippen LogP contribution in [0.15, 0.2) is 17.4 Å². The number of nitrogens with zero attached hydrogens (tertiary/aromatic N) is 3. The molecular weight excluding hydrogens is 494 g/mol. The Bertz CT molecular complexity index is 570. The molecule has 1 atom stereocenters. The number of alkyl halides is 3. The van der Waals surface area contributed by atoms with Gasteiger partial charge in [0, 0.05) is 45.5 Å². The second-order valence-electron chi connectivity index (χ2n) is 5.86. The quantitative estimate of drug-likeness (QED) is 0.191. The fraction of sp³-hybridized carbons (Fsp3) is 0.750. The second-order valence-corrected chi connectivity index (χ2v) is 6.84. The zero-order chi connectivity index (χ0) is 19.6. The van der Waals surface area contributed by atoms with Gasteiger partial charge in [0.05, 0.1) is 0 Å². The van der Waals surface area contributed by atoms with Gasteiger partial charge in [-0.1, -0.05) is 0 Å². The SMILES string of the molecule is CCNC(=NCCCCSC)NCCC(O)(c1nccn1C)C(F)(F)F.I. The van der Waals surface area contributed by atoms with E-state index in [9.17, 15) is 18.3 Å². The molecule has 11 heteroatoms. The van der Waals surface area contributed by atoms with E-state index in [1.54, 1.807) is 11.8 Å². The van der Waals surface area contributed by atoms with Crippen LogP contribution in [-0.4, -0.2) is 58.4 Å². The minimum Gasteiger partial charge on any atom is -0.374 e. The molecule has 0 radical (unpaired) electrons. The van der Waals surface area contributed by atoms with Crippen LogP contribution in [0.25, 0.3) is 0 Å². The van der Waals surface area contributed by atoms with E-state index in [0.717, 1.165) is 18.6 Å². The van der Waals surface area contributed by atoms with Gasteiger partial charge in [-0.2, -0.15) is 24.9 Å². The van der Waals surface area contributed by atoms with Crippen LogP contribution in [-0.2, 0) is 12.6 Å². The van der Waals surface area contributed by atoms with E-state index in [4.69, 9.17) is 0 Å². The van der Waals surface area contributed by atoms with Crippen LogP contribution >= 0.6 is 35.7 Å². The van der Waals surface area contributed by atoms with Gasteiger partial charge in [-0.05, 0) is 31.8 Å². The van der Waals surface area contributed by atoms with Crippen molar-refractivity contribution in [3.05, 3.63) is 18.2 Å². The zero-order valence-corrected chi connectivity index (χ0v) is 19.0. The van der Waals surface area contributed by atoms with E-state index < -0.39 is 24.0 Å². The Balaban J connectivity index is 0.00000676. The number of aliphatic hydroxyl groups is 1. The number of rotatable bonds is 10. The summed E-state index contributed by atoms with van der Waals surface area (Å²) in [5.41, 5.74) is -3.02. The van der Waals surface area contributed by atoms with Crippen LogP contribution in [0.1, 0.15) is 32.0 Å². The number of unbranched alkanes of at least 4 members (excludes halogenated alkanes) is 1. The molecule has 0 amide bonds. The number of thioether (sulfide) groups is 1. The largest absolute Gasteiger partial charge is 0.424 e. The summed E-state index contributed by atoms with van der Waals surface area (Å²) in [5, 5.41) is 16.1. The first-order chi connectivity index (χ1) is 12.3. The maximum absolute atomic E-state index is 13.5. The number of aliphatic imine (C=N–C) groups is 1. The maximum Gasteiger partial charge on any atom is 0.424 e. The molecule has 0 spiro atoms. The van der Waals surface area contributed by atoms with Gasteiger partial charge in [0.15, 0.2) is 5.96 Å². The minimum absolute atomic E-state index is 0. The lowest BCUT2D eigenvalue weighted by Gasteiger charge is -2.30. The van der Waals surface area contributed by atoms with E-state index in [2.05, 4.69) is 20.6 Å². The first-order valence-corrected chi connectivity index (χ1v) is 9.93. The number of guanidine groups is 1. The molecule has 158 valence electrons. The van der Waals surface area contributed by atoms with Gasteiger partial charge in [-0.3, -0.25) is 4.99 Å². The van der Waals surface area contributed by atoms with Crippen LogP contribution in [0, 0.1) is 0 Å². The van der Waals surface area contributed by atoms with Crippen LogP contribution < -0.4 is 10.6 Å². The fourth-order valence-corrected chi connectivity index (χ4v) is 2.89. The van der Waals surface area contributed by atoms with Crippen molar-refractivity contribution < 1.29 is 18.3 Å². The van der Waals surface area contributed by atoms with Crippen molar-refractivity contribution in [3.8, 4) is 0 Å². The Morgan fingerprint density at radius 2 is 2.04 bits per heavy atom. The van der Waals surface area contributed by atoms with E-state index in [1.165, 1.54) is 24.0 Å². The summed E-state index contributed by atoms with van der Waals surface area (Å²) in [5.74, 6) is 1.08. The summed E-state index contributed by atoms with van der Waals surface area (Å²) in [6.07, 6.45) is 1.20. The van der Waals surface area contributed by atoms with Gasteiger partial charge in [0.2, 0.25) is 5.60 Å². The first kappa shape index (κ1) is 26.3. The lowest BCUT2D eigenvalue weighted by Crippen LogP contribution is -2.48. The Hall–Kier alpha value is -0.690. The van der Waals surface area contributed by atoms with E-state index >= 15 is 0 Å². The summed E-state index contributed by atoms with van der Waals surface area (Å²) in [6.45, 7) is 2.97. The Kier molecular flexibility index (Phi) is 12.4. The van der Waals surface area contributed by atoms with Gasteiger partial charge >= 0.3 is 6.18 Å². The number of hydrogen-bond acceptors (Lipinski definition) is 4. The van der Waals surface area contributed by atoms with Crippen LogP contribution in [0.4, 0.5) is 13.2 Å². The van der Waals surface area contributed by atoms with E-state index in [-0.39, 0.29) is 30.5 Å². The summed E-state index contributed by atoms with van der Waals surface area (Å²) >= 11 is 1.77. The van der Waals surface area contributed by atoms with E-state index in [1.807, 2.05) is 13.2 Å². The molecular formula is C16H29F3IN5OS. The lowest BCUT2D eigenvalue weighted by molar-refractivity contribution is -0.272. The fourth-order valence-electron chi connectivity index (χ4n) is 2.40. The predicted octanol–water partition coefficient (Wildman–Crippen LogP) is 2.88. The number of aryl methyl sites for hydroxylation is 1. The molecule has 6 nitrogen and oxygen atoms in total. The van der Waals surface area contributed by atoms with Crippen molar-refractivity contribution >= 4 is 41.7 Å². The van der Waals surface area contributed by atoms with Crippen molar-refractivity contribution in [2.24, 2.45) is 12.0 Å². The highest BCUT2D eigenvalue weighted by Gasteiger charge is 2.57. The van der Waals surface area contributed by atoms with Gasteiger partial charge < -0.3 is 20.3 Å². The highest BCUT2D eigenvalue weighted by atomic mass is 127. The third kappa shape index (κ3) is 8.06. The van der Waals surface area contributed by atoms with Crippen molar-refractivity contribution in [2.75, 3.05) is 31.6 Å². The average molecular weight is 523 g/mol. The lowest BCUT2D eigenvalue weighted by atomic mass is 9.97. The minimum atomic E-state index is -4.83. The summed E-state index contributed by atoms with van der Waals surface area (Å²) in [6, 6.07) is 0. The molecule has 0 saturated heterocycles. The second kappa shape index (κ2) is 12.7. The Labute approximate surface area is 179 Å². The molecule has 0 aromatic carbocycles. The monoisotopic (exact) mass is 523 g/mol. The van der Waals surface area contributed by atoms with Gasteiger partial charge in [0.25, 0.3) is 0 Å². The normalized spacial score (nSPS) is 14.4. The van der Waals surface area contributed by atoms with Crippen molar-refractivity contribution in [1.29, 1.82) is 0 Å². The molecule has 0 aliphatic rings.